The van der Waals surface area contributed by atoms with E-state index in [1.54, 1.807) is 34.6 Å². The molecule has 5 nitrogen and oxygen atoms in total. The van der Waals surface area contributed by atoms with E-state index in [1.807, 2.05) is 31.2 Å². The Bertz CT molecular complexity index is 1390. The van der Waals surface area contributed by atoms with E-state index in [0.717, 1.165) is 22.4 Å². The number of hydrogen-bond acceptors (Lipinski definition) is 4. The van der Waals surface area contributed by atoms with Crippen molar-refractivity contribution in [3.05, 3.63) is 94.8 Å². The first kappa shape index (κ1) is 22.6. The lowest BCUT2D eigenvalue weighted by molar-refractivity contribution is 0.210. The van der Waals surface area contributed by atoms with Crippen molar-refractivity contribution in [2.45, 2.75) is 30.3 Å². The van der Waals surface area contributed by atoms with Crippen molar-refractivity contribution in [1.82, 2.24) is 4.31 Å². The number of nitrogens with one attached hydrogen (secondary N) is 1. The van der Waals surface area contributed by atoms with Gasteiger partial charge in [0.25, 0.3) is 0 Å². The molecule has 0 amide bonds. The number of nitrogens with zero attached hydrogens (tertiary/aromatic N) is 1. The zero-order valence-electron chi connectivity index (χ0n) is 18.7. The number of fused-ring (bicyclic) bond motifs is 3. The van der Waals surface area contributed by atoms with Gasteiger partial charge in [-0.2, -0.15) is 4.31 Å². The molecule has 3 atom stereocenters. The summed E-state index contributed by atoms with van der Waals surface area (Å²) in [5.41, 5.74) is 3.98. The van der Waals surface area contributed by atoms with Crippen molar-refractivity contribution in [3.63, 3.8) is 0 Å². The molecular weight excluding hydrogens is 451 g/mol. The van der Waals surface area contributed by atoms with Crippen LogP contribution in [0, 0.1) is 30.5 Å². The Morgan fingerprint density at radius 2 is 1.79 bits per heavy atom. The molecule has 34 heavy (non-hydrogen) atoms. The maximum absolute atomic E-state index is 13.7. The van der Waals surface area contributed by atoms with Crippen molar-refractivity contribution < 1.29 is 17.9 Å². The highest BCUT2D eigenvalue weighted by atomic mass is 32.2. The molecule has 1 saturated heterocycles. The first-order valence-corrected chi connectivity index (χ1v) is 12.7. The van der Waals surface area contributed by atoms with Gasteiger partial charge in [0.2, 0.25) is 10.0 Å². The fourth-order valence-corrected chi connectivity index (χ4v) is 6.73. The molecule has 7 heteroatoms. The van der Waals surface area contributed by atoms with E-state index in [0.29, 0.717) is 18.5 Å². The van der Waals surface area contributed by atoms with Crippen LogP contribution in [-0.4, -0.2) is 37.0 Å². The molecule has 2 heterocycles. The number of aliphatic hydroxyl groups is 1. The summed E-state index contributed by atoms with van der Waals surface area (Å²) >= 11 is 0. The van der Waals surface area contributed by atoms with Crippen molar-refractivity contribution in [2.75, 3.05) is 18.5 Å². The van der Waals surface area contributed by atoms with Crippen LogP contribution in [0.1, 0.15) is 34.7 Å². The van der Waals surface area contributed by atoms with E-state index in [2.05, 4.69) is 17.2 Å². The third-order valence-electron chi connectivity index (χ3n) is 6.61. The van der Waals surface area contributed by atoms with Crippen LogP contribution in [0.3, 0.4) is 0 Å². The average Bonchev–Trinajstić information content (AvgIpc) is 3.30. The van der Waals surface area contributed by atoms with Gasteiger partial charge in [-0.05, 0) is 79.1 Å². The van der Waals surface area contributed by atoms with Gasteiger partial charge in [-0.15, -0.1) is 0 Å². The largest absolute Gasteiger partial charge is 0.394 e. The lowest BCUT2D eigenvalue weighted by Crippen LogP contribution is -2.42. The van der Waals surface area contributed by atoms with Crippen molar-refractivity contribution in [1.29, 1.82) is 0 Å². The number of sulfonamides is 1. The monoisotopic (exact) mass is 476 g/mol. The number of benzene rings is 3. The summed E-state index contributed by atoms with van der Waals surface area (Å²) in [5.74, 6) is 5.78. The highest BCUT2D eigenvalue weighted by Crippen LogP contribution is 2.48. The van der Waals surface area contributed by atoms with Gasteiger partial charge in [0.1, 0.15) is 5.82 Å². The highest BCUT2D eigenvalue weighted by Gasteiger charge is 2.48. The van der Waals surface area contributed by atoms with Crippen LogP contribution in [0.5, 0.6) is 0 Å². The number of hydrogen-bond donors (Lipinski definition) is 2. The lowest BCUT2D eigenvalue weighted by atomic mass is 9.83. The van der Waals surface area contributed by atoms with Gasteiger partial charge in [-0.25, -0.2) is 12.8 Å². The van der Waals surface area contributed by atoms with Crippen LogP contribution in [0.2, 0.25) is 0 Å². The zero-order chi connectivity index (χ0) is 23.9. The summed E-state index contributed by atoms with van der Waals surface area (Å²) < 4.78 is 42.1. The summed E-state index contributed by atoms with van der Waals surface area (Å²) in [5, 5.41) is 13.4. The minimum absolute atomic E-state index is 0.0580. The van der Waals surface area contributed by atoms with Gasteiger partial charge >= 0.3 is 0 Å². The fraction of sp³-hybridized carbons (Fsp3) is 0.259. The van der Waals surface area contributed by atoms with E-state index in [1.165, 1.54) is 12.1 Å². The summed E-state index contributed by atoms with van der Waals surface area (Å²) in [6.07, 6.45) is 0.652. The minimum atomic E-state index is -3.73. The summed E-state index contributed by atoms with van der Waals surface area (Å²) in [7, 11) is -3.73. The normalized spacial score (nSPS) is 21.7. The third kappa shape index (κ3) is 4.09. The second kappa shape index (κ2) is 8.88. The number of rotatable bonds is 3. The third-order valence-corrected chi connectivity index (χ3v) is 8.49. The lowest BCUT2D eigenvalue weighted by Gasteiger charge is -2.38. The Hall–Kier alpha value is -3.18. The molecule has 3 aromatic rings. The van der Waals surface area contributed by atoms with Gasteiger partial charge in [0, 0.05) is 29.3 Å². The Morgan fingerprint density at radius 3 is 2.53 bits per heavy atom. The van der Waals surface area contributed by atoms with Crippen molar-refractivity contribution >= 4 is 15.7 Å². The average molecular weight is 477 g/mol. The van der Waals surface area contributed by atoms with E-state index >= 15 is 0 Å². The molecule has 0 aliphatic carbocycles. The quantitative estimate of drug-likeness (QED) is 0.559. The van der Waals surface area contributed by atoms with Gasteiger partial charge < -0.3 is 10.4 Å². The SMILES string of the molecule is Cc1cccc(S(=O)(=O)N2CC[C@@H]3[C@@H](CO)Nc4ccc(C#Cc5ccc(F)cc5)cc4[C@@H]32)c1. The molecule has 1 fully saturated rings. The maximum Gasteiger partial charge on any atom is 0.243 e. The van der Waals surface area contributed by atoms with E-state index in [4.69, 9.17) is 0 Å². The van der Waals surface area contributed by atoms with Crippen LogP contribution >= 0.6 is 0 Å². The van der Waals surface area contributed by atoms with Crippen molar-refractivity contribution in [3.8, 4) is 11.8 Å². The van der Waals surface area contributed by atoms with Crippen LogP contribution < -0.4 is 5.32 Å². The summed E-state index contributed by atoms with van der Waals surface area (Å²) in [6.45, 7) is 2.18. The number of aliphatic hydroxyl groups excluding tert-OH is 1. The Morgan fingerprint density at radius 1 is 1.06 bits per heavy atom. The number of anilines is 1. The molecule has 3 aromatic carbocycles. The molecule has 0 radical (unpaired) electrons. The number of halogens is 1. The Balaban J connectivity index is 1.55. The second-order valence-electron chi connectivity index (χ2n) is 8.82. The molecule has 2 aliphatic heterocycles. The molecule has 0 aromatic heterocycles. The van der Waals surface area contributed by atoms with Gasteiger partial charge in [-0.3, -0.25) is 0 Å². The fourth-order valence-electron chi connectivity index (χ4n) is 4.96. The van der Waals surface area contributed by atoms with Gasteiger partial charge in [-0.1, -0.05) is 24.0 Å². The standard InChI is InChI=1S/C27H25FN2O3S/c1-18-3-2-4-22(15-18)34(32,33)30-14-13-23-26(17-31)29-25-12-9-20(16-24(25)27(23)30)6-5-19-7-10-21(28)11-8-19/h2-4,7-12,15-16,23,26-27,29,31H,13-14,17H2,1H3/t23-,26-,27-/m1/s1. The van der Waals surface area contributed by atoms with Crippen molar-refractivity contribution in [2.24, 2.45) is 5.92 Å². The van der Waals surface area contributed by atoms with E-state index < -0.39 is 16.1 Å². The Kier molecular flexibility index (Phi) is 5.90. The van der Waals surface area contributed by atoms with E-state index in [9.17, 15) is 17.9 Å². The van der Waals surface area contributed by atoms with E-state index in [-0.39, 0.29) is 29.3 Å². The predicted octanol–water partition coefficient (Wildman–Crippen LogP) is 4.07. The zero-order valence-corrected chi connectivity index (χ0v) is 19.5. The molecule has 5 rings (SSSR count). The first-order chi connectivity index (χ1) is 16.4. The molecule has 0 saturated carbocycles. The molecular formula is C27H25FN2O3S. The number of aryl methyl sites for hydroxylation is 1. The predicted molar refractivity (Wildman–Crippen MR) is 129 cm³/mol. The maximum atomic E-state index is 13.7. The summed E-state index contributed by atoms with van der Waals surface area (Å²) in [4.78, 5) is 0.279. The molecule has 174 valence electrons. The highest BCUT2D eigenvalue weighted by molar-refractivity contribution is 7.89. The van der Waals surface area contributed by atoms with Crippen LogP contribution in [-0.2, 0) is 10.0 Å². The van der Waals surface area contributed by atoms with Crippen LogP contribution in [0.15, 0.2) is 71.6 Å². The molecule has 2 N–H and O–H groups in total. The smallest absolute Gasteiger partial charge is 0.243 e. The van der Waals surface area contributed by atoms with Gasteiger partial charge in [0.05, 0.1) is 23.6 Å². The molecule has 0 unspecified atom stereocenters. The molecule has 0 spiro atoms. The Labute approximate surface area is 199 Å². The first-order valence-electron chi connectivity index (χ1n) is 11.2. The summed E-state index contributed by atoms with van der Waals surface area (Å²) in [6, 6.07) is 18.0. The van der Waals surface area contributed by atoms with Crippen LogP contribution in [0.25, 0.3) is 0 Å². The molecule has 2 aliphatic rings. The minimum Gasteiger partial charge on any atom is -0.394 e. The second-order valence-corrected chi connectivity index (χ2v) is 10.7. The molecule has 0 bridgehead atoms. The topological polar surface area (TPSA) is 69.6 Å². The van der Waals surface area contributed by atoms with Gasteiger partial charge in [0.15, 0.2) is 0 Å². The van der Waals surface area contributed by atoms with Crippen LogP contribution in [0.4, 0.5) is 10.1 Å².